The zero-order valence-corrected chi connectivity index (χ0v) is 15.9. The maximum atomic E-state index is 12.2. The number of benzene rings is 2. The maximum absolute atomic E-state index is 12.2. The Kier molecular flexibility index (Phi) is 7.49. The highest BCUT2D eigenvalue weighted by atomic mass is 35.5. The van der Waals surface area contributed by atoms with Crippen LogP contribution in [0.5, 0.6) is 11.5 Å². The van der Waals surface area contributed by atoms with E-state index in [1.807, 2.05) is 13.8 Å². The number of carboxylic acids is 1. The highest BCUT2D eigenvalue weighted by molar-refractivity contribution is 6.30. The zero-order valence-electron chi connectivity index (χ0n) is 15.1. The van der Waals surface area contributed by atoms with E-state index < -0.39 is 17.9 Å². The highest BCUT2D eigenvalue weighted by Crippen LogP contribution is 2.21. The van der Waals surface area contributed by atoms with Crippen LogP contribution in [0.1, 0.15) is 31.9 Å². The molecule has 1 atom stereocenters. The molecular weight excluding hydrogens is 370 g/mol. The van der Waals surface area contributed by atoms with Gasteiger partial charge in [-0.05, 0) is 55.8 Å². The minimum absolute atomic E-state index is 0.0374. The summed E-state index contributed by atoms with van der Waals surface area (Å²) in [6.07, 6.45) is -0.202. The van der Waals surface area contributed by atoms with E-state index in [-0.39, 0.29) is 19.1 Å². The van der Waals surface area contributed by atoms with Crippen LogP contribution in [-0.4, -0.2) is 29.7 Å². The summed E-state index contributed by atoms with van der Waals surface area (Å²) < 4.78 is 11.0. The van der Waals surface area contributed by atoms with Crippen molar-refractivity contribution in [3.8, 4) is 11.5 Å². The molecular formula is C20H22ClNO5. The molecule has 0 aliphatic rings. The van der Waals surface area contributed by atoms with Gasteiger partial charge in [-0.3, -0.25) is 9.59 Å². The Bertz CT molecular complexity index is 759. The van der Waals surface area contributed by atoms with Gasteiger partial charge in [-0.15, -0.1) is 0 Å². The Morgan fingerprint density at radius 1 is 1.04 bits per heavy atom. The summed E-state index contributed by atoms with van der Waals surface area (Å²) >= 11 is 5.80. The number of nitrogens with one attached hydrogen (secondary N) is 1. The first-order chi connectivity index (χ1) is 12.8. The number of aliphatic carboxylic acids is 1. The molecule has 0 fully saturated rings. The Morgan fingerprint density at radius 3 is 2.19 bits per heavy atom. The van der Waals surface area contributed by atoms with Gasteiger partial charge in [0.2, 0.25) is 0 Å². The second kappa shape index (κ2) is 9.83. The van der Waals surface area contributed by atoms with Crippen molar-refractivity contribution in [2.45, 2.75) is 32.4 Å². The van der Waals surface area contributed by atoms with Crippen LogP contribution in [0, 0.1) is 0 Å². The Hall–Kier alpha value is -2.73. The van der Waals surface area contributed by atoms with Crippen LogP contribution >= 0.6 is 11.6 Å². The molecule has 2 aromatic rings. The lowest BCUT2D eigenvalue weighted by atomic mass is 10.0. The molecule has 2 N–H and O–H groups in total. The van der Waals surface area contributed by atoms with Gasteiger partial charge in [0.15, 0.2) is 6.61 Å². The molecule has 27 heavy (non-hydrogen) atoms. The lowest BCUT2D eigenvalue weighted by Gasteiger charge is -2.18. The topological polar surface area (TPSA) is 84.9 Å². The molecule has 6 nitrogen and oxygen atoms in total. The fourth-order valence-corrected chi connectivity index (χ4v) is 2.52. The highest BCUT2D eigenvalue weighted by Gasteiger charge is 2.18. The molecule has 0 unspecified atom stereocenters. The smallest absolute Gasteiger partial charge is 0.305 e. The number of hydrogen-bond acceptors (Lipinski definition) is 4. The van der Waals surface area contributed by atoms with Gasteiger partial charge in [-0.2, -0.15) is 0 Å². The van der Waals surface area contributed by atoms with Crippen molar-refractivity contribution in [1.82, 2.24) is 5.32 Å². The van der Waals surface area contributed by atoms with E-state index in [0.717, 1.165) is 0 Å². The lowest BCUT2D eigenvalue weighted by Crippen LogP contribution is -2.33. The normalized spacial score (nSPS) is 11.7. The minimum Gasteiger partial charge on any atom is -0.491 e. The maximum Gasteiger partial charge on any atom is 0.305 e. The van der Waals surface area contributed by atoms with Crippen LogP contribution in [-0.2, 0) is 9.59 Å². The van der Waals surface area contributed by atoms with Crippen molar-refractivity contribution in [1.29, 1.82) is 0 Å². The van der Waals surface area contributed by atoms with Gasteiger partial charge in [0.05, 0.1) is 18.6 Å². The summed E-state index contributed by atoms with van der Waals surface area (Å²) in [4.78, 5) is 23.3. The lowest BCUT2D eigenvalue weighted by molar-refractivity contribution is -0.137. The number of carbonyl (C=O) groups is 2. The van der Waals surface area contributed by atoms with Crippen molar-refractivity contribution in [2.24, 2.45) is 0 Å². The van der Waals surface area contributed by atoms with E-state index >= 15 is 0 Å². The molecule has 2 rings (SSSR count). The Labute approximate surface area is 163 Å². The molecule has 0 bridgehead atoms. The van der Waals surface area contributed by atoms with E-state index in [9.17, 15) is 9.59 Å². The molecule has 0 aliphatic heterocycles. The molecule has 0 saturated heterocycles. The summed E-state index contributed by atoms with van der Waals surface area (Å²) in [5.41, 5.74) is 0.674. The average Bonchev–Trinajstić information content (AvgIpc) is 2.60. The quantitative estimate of drug-likeness (QED) is 0.678. The van der Waals surface area contributed by atoms with Crippen molar-refractivity contribution < 1.29 is 24.2 Å². The molecule has 0 radical (unpaired) electrons. The zero-order chi connectivity index (χ0) is 19.8. The summed E-state index contributed by atoms with van der Waals surface area (Å²) in [5, 5.41) is 12.4. The molecule has 0 aliphatic carbocycles. The summed E-state index contributed by atoms with van der Waals surface area (Å²) in [6, 6.07) is 12.9. The third-order valence-electron chi connectivity index (χ3n) is 3.55. The van der Waals surface area contributed by atoms with Crippen LogP contribution in [0.2, 0.25) is 5.02 Å². The predicted octanol–water partition coefficient (Wildman–Crippen LogP) is 3.84. The first kappa shape index (κ1) is 20.6. The van der Waals surface area contributed by atoms with E-state index in [0.29, 0.717) is 22.1 Å². The number of carboxylic acid groups (broad SMARTS) is 1. The summed E-state index contributed by atoms with van der Waals surface area (Å²) in [5.74, 6) is -0.250. The first-order valence-corrected chi connectivity index (χ1v) is 8.87. The van der Waals surface area contributed by atoms with Crippen molar-refractivity contribution in [2.75, 3.05) is 6.61 Å². The SMILES string of the molecule is CC(C)Oc1ccc([C@@H](CC(=O)O)NC(=O)COc2ccc(Cl)cc2)cc1. The summed E-state index contributed by atoms with van der Waals surface area (Å²) in [6.45, 7) is 3.61. The number of halogens is 1. The monoisotopic (exact) mass is 391 g/mol. The van der Waals surface area contributed by atoms with E-state index in [4.69, 9.17) is 26.2 Å². The number of amides is 1. The third kappa shape index (κ3) is 7.19. The molecule has 0 heterocycles. The van der Waals surface area contributed by atoms with Crippen LogP contribution in [0.3, 0.4) is 0 Å². The van der Waals surface area contributed by atoms with Gasteiger partial charge in [-0.25, -0.2) is 0 Å². The van der Waals surface area contributed by atoms with Crippen molar-refractivity contribution >= 4 is 23.5 Å². The second-order valence-electron chi connectivity index (χ2n) is 6.20. The van der Waals surface area contributed by atoms with Gasteiger partial charge in [0.25, 0.3) is 5.91 Å². The number of rotatable bonds is 9. The largest absolute Gasteiger partial charge is 0.491 e. The van der Waals surface area contributed by atoms with E-state index in [1.54, 1.807) is 48.5 Å². The van der Waals surface area contributed by atoms with Crippen LogP contribution in [0.25, 0.3) is 0 Å². The number of hydrogen-bond donors (Lipinski definition) is 2. The third-order valence-corrected chi connectivity index (χ3v) is 3.80. The van der Waals surface area contributed by atoms with Crippen LogP contribution in [0.4, 0.5) is 0 Å². The van der Waals surface area contributed by atoms with Gasteiger partial charge < -0.3 is 19.9 Å². The fourth-order valence-electron chi connectivity index (χ4n) is 2.39. The molecule has 144 valence electrons. The standard InChI is InChI=1S/C20H22ClNO5/c1-13(2)27-17-7-3-14(4-8-17)18(11-20(24)25)22-19(23)12-26-16-9-5-15(21)6-10-16/h3-10,13,18H,11-12H2,1-2H3,(H,22,23)(H,24,25)/t18-/m1/s1. The number of carbonyl (C=O) groups excluding carboxylic acids is 1. The van der Waals surface area contributed by atoms with Gasteiger partial charge >= 0.3 is 5.97 Å². The fraction of sp³-hybridized carbons (Fsp3) is 0.300. The minimum atomic E-state index is -1.01. The molecule has 7 heteroatoms. The predicted molar refractivity (Wildman–Crippen MR) is 102 cm³/mol. The van der Waals surface area contributed by atoms with Gasteiger partial charge in [-0.1, -0.05) is 23.7 Å². The van der Waals surface area contributed by atoms with Crippen molar-refractivity contribution in [3.05, 3.63) is 59.1 Å². The van der Waals surface area contributed by atoms with E-state index in [1.165, 1.54) is 0 Å². The average molecular weight is 392 g/mol. The molecule has 2 aromatic carbocycles. The molecule has 0 saturated carbocycles. The summed E-state index contributed by atoms with van der Waals surface area (Å²) in [7, 11) is 0. The van der Waals surface area contributed by atoms with E-state index in [2.05, 4.69) is 5.32 Å². The van der Waals surface area contributed by atoms with Crippen LogP contribution < -0.4 is 14.8 Å². The molecule has 1 amide bonds. The van der Waals surface area contributed by atoms with Gasteiger partial charge in [0.1, 0.15) is 11.5 Å². The first-order valence-electron chi connectivity index (χ1n) is 8.49. The Morgan fingerprint density at radius 2 is 1.63 bits per heavy atom. The second-order valence-corrected chi connectivity index (χ2v) is 6.63. The van der Waals surface area contributed by atoms with Crippen molar-refractivity contribution in [3.63, 3.8) is 0 Å². The molecule has 0 aromatic heterocycles. The molecule has 0 spiro atoms. The van der Waals surface area contributed by atoms with Crippen LogP contribution in [0.15, 0.2) is 48.5 Å². The number of ether oxygens (including phenoxy) is 2. The Balaban J connectivity index is 1.99. The van der Waals surface area contributed by atoms with Gasteiger partial charge in [0, 0.05) is 5.02 Å².